The molecule has 2 atom stereocenters. The average Bonchev–Trinajstić information content (AvgIpc) is 2.49. The molecular formula is C17H17Cl2NO3. The van der Waals surface area contributed by atoms with Crippen LogP contribution in [0.15, 0.2) is 27.4 Å². The maximum Gasteiger partial charge on any atom is 0.349 e. The molecule has 0 bridgehead atoms. The molecule has 0 radical (unpaired) electrons. The minimum Gasteiger partial charge on any atom is -0.421 e. The number of amides is 1. The fourth-order valence-corrected chi connectivity index (χ4v) is 3.64. The molecule has 6 heteroatoms. The summed E-state index contributed by atoms with van der Waals surface area (Å²) >= 11 is 12.0. The van der Waals surface area contributed by atoms with Crippen LogP contribution in [-0.2, 0) is 0 Å². The lowest BCUT2D eigenvalue weighted by atomic mass is 9.86. The fourth-order valence-electron chi connectivity index (χ4n) is 3.09. The van der Waals surface area contributed by atoms with Crippen molar-refractivity contribution in [1.82, 2.24) is 5.32 Å². The third kappa shape index (κ3) is 3.38. The SMILES string of the molecule is C[C@H]1CCCC[C@@H]1NC(=O)c1cc2cc(Cl)cc(Cl)c2oc1=O. The Morgan fingerprint density at radius 3 is 2.70 bits per heavy atom. The number of hydrogen-bond donors (Lipinski definition) is 1. The van der Waals surface area contributed by atoms with Crippen LogP contribution in [0, 0.1) is 5.92 Å². The lowest BCUT2D eigenvalue weighted by molar-refractivity contribution is 0.0906. The van der Waals surface area contributed by atoms with E-state index in [1.165, 1.54) is 18.6 Å². The first-order valence-electron chi connectivity index (χ1n) is 7.69. The molecule has 2 aromatic rings. The zero-order chi connectivity index (χ0) is 16.6. The first-order chi connectivity index (χ1) is 11.0. The number of carbonyl (C=O) groups is 1. The minimum atomic E-state index is -0.692. The molecule has 23 heavy (non-hydrogen) atoms. The van der Waals surface area contributed by atoms with Gasteiger partial charge in [0.25, 0.3) is 5.91 Å². The summed E-state index contributed by atoms with van der Waals surface area (Å²) in [6.45, 7) is 2.12. The topological polar surface area (TPSA) is 59.3 Å². The first kappa shape index (κ1) is 16.3. The Balaban J connectivity index is 1.94. The lowest BCUT2D eigenvalue weighted by Gasteiger charge is -2.29. The van der Waals surface area contributed by atoms with Crippen molar-refractivity contribution in [3.05, 3.63) is 44.2 Å². The van der Waals surface area contributed by atoms with E-state index in [2.05, 4.69) is 12.2 Å². The van der Waals surface area contributed by atoms with E-state index < -0.39 is 11.5 Å². The molecule has 1 saturated carbocycles. The van der Waals surface area contributed by atoms with Gasteiger partial charge in [-0.2, -0.15) is 0 Å². The van der Waals surface area contributed by atoms with Gasteiger partial charge in [0, 0.05) is 16.5 Å². The van der Waals surface area contributed by atoms with Crippen LogP contribution in [0.2, 0.25) is 10.0 Å². The molecule has 1 N–H and O–H groups in total. The van der Waals surface area contributed by atoms with E-state index in [1.54, 1.807) is 6.07 Å². The molecule has 1 aromatic carbocycles. The van der Waals surface area contributed by atoms with E-state index in [4.69, 9.17) is 27.6 Å². The van der Waals surface area contributed by atoms with Crippen LogP contribution in [0.25, 0.3) is 11.0 Å². The second-order valence-corrected chi connectivity index (χ2v) is 6.94. The Bertz CT molecular complexity index is 815. The molecule has 0 saturated heterocycles. The predicted molar refractivity (Wildman–Crippen MR) is 91.4 cm³/mol. The number of carbonyl (C=O) groups excluding carboxylic acids is 1. The van der Waals surface area contributed by atoms with Gasteiger partial charge in [0.1, 0.15) is 5.56 Å². The number of benzene rings is 1. The van der Waals surface area contributed by atoms with Crippen LogP contribution < -0.4 is 10.9 Å². The van der Waals surface area contributed by atoms with Crippen molar-refractivity contribution < 1.29 is 9.21 Å². The third-order valence-electron chi connectivity index (χ3n) is 4.42. The molecule has 1 aromatic heterocycles. The predicted octanol–water partition coefficient (Wildman–Crippen LogP) is 4.41. The minimum absolute atomic E-state index is 0.0198. The van der Waals surface area contributed by atoms with E-state index in [9.17, 15) is 9.59 Å². The summed E-state index contributed by atoms with van der Waals surface area (Å²) in [6.07, 6.45) is 4.29. The van der Waals surface area contributed by atoms with Crippen molar-refractivity contribution in [1.29, 1.82) is 0 Å². The summed E-state index contributed by atoms with van der Waals surface area (Å²) in [6, 6.07) is 4.69. The number of fused-ring (bicyclic) bond motifs is 1. The molecule has 3 rings (SSSR count). The van der Waals surface area contributed by atoms with Crippen LogP contribution in [0.4, 0.5) is 0 Å². The van der Waals surface area contributed by atoms with Gasteiger partial charge in [0.15, 0.2) is 5.58 Å². The zero-order valence-electron chi connectivity index (χ0n) is 12.7. The van der Waals surface area contributed by atoms with Gasteiger partial charge in [0.2, 0.25) is 0 Å². The van der Waals surface area contributed by atoms with Crippen molar-refractivity contribution in [2.24, 2.45) is 5.92 Å². The zero-order valence-corrected chi connectivity index (χ0v) is 14.2. The largest absolute Gasteiger partial charge is 0.421 e. The van der Waals surface area contributed by atoms with Crippen LogP contribution >= 0.6 is 23.2 Å². The van der Waals surface area contributed by atoms with Crippen LogP contribution in [-0.4, -0.2) is 11.9 Å². The summed E-state index contributed by atoms with van der Waals surface area (Å²) in [5, 5.41) is 4.15. The Labute approximate surface area is 143 Å². The van der Waals surface area contributed by atoms with Crippen LogP contribution in [0.5, 0.6) is 0 Å². The van der Waals surface area contributed by atoms with Gasteiger partial charge in [-0.25, -0.2) is 4.79 Å². The van der Waals surface area contributed by atoms with Crippen molar-refractivity contribution in [2.75, 3.05) is 0 Å². The van der Waals surface area contributed by atoms with E-state index in [0.717, 1.165) is 19.3 Å². The van der Waals surface area contributed by atoms with Gasteiger partial charge in [0.05, 0.1) is 5.02 Å². The second kappa shape index (κ2) is 6.54. The lowest BCUT2D eigenvalue weighted by Crippen LogP contribution is -2.42. The van der Waals surface area contributed by atoms with Gasteiger partial charge in [-0.1, -0.05) is 43.0 Å². The van der Waals surface area contributed by atoms with Gasteiger partial charge in [-0.3, -0.25) is 4.79 Å². The van der Waals surface area contributed by atoms with E-state index in [0.29, 0.717) is 16.3 Å². The molecule has 0 spiro atoms. The van der Waals surface area contributed by atoms with Crippen molar-refractivity contribution in [3.8, 4) is 0 Å². The first-order valence-corrected chi connectivity index (χ1v) is 8.45. The number of rotatable bonds is 2. The number of hydrogen-bond acceptors (Lipinski definition) is 3. The third-order valence-corrected chi connectivity index (χ3v) is 4.92. The van der Waals surface area contributed by atoms with Crippen LogP contribution in [0.1, 0.15) is 43.0 Å². The second-order valence-electron chi connectivity index (χ2n) is 6.10. The number of halogens is 2. The van der Waals surface area contributed by atoms with Gasteiger partial charge in [-0.15, -0.1) is 0 Å². The summed E-state index contributed by atoms with van der Waals surface area (Å²) in [4.78, 5) is 24.6. The molecule has 1 aliphatic rings. The molecule has 4 nitrogen and oxygen atoms in total. The van der Waals surface area contributed by atoms with Crippen molar-refractivity contribution in [2.45, 2.75) is 38.6 Å². The highest BCUT2D eigenvalue weighted by Gasteiger charge is 2.25. The quantitative estimate of drug-likeness (QED) is 0.813. The van der Waals surface area contributed by atoms with E-state index >= 15 is 0 Å². The maximum atomic E-state index is 12.5. The van der Waals surface area contributed by atoms with E-state index in [-0.39, 0.29) is 22.2 Å². The summed E-state index contributed by atoms with van der Waals surface area (Å²) in [7, 11) is 0. The Morgan fingerprint density at radius 2 is 1.96 bits per heavy atom. The molecule has 1 fully saturated rings. The smallest absolute Gasteiger partial charge is 0.349 e. The van der Waals surface area contributed by atoms with Gasteiger partial charge >= 0.3 is 5.63 Å². The summed E-state index contributed by atoms with van der Waals surface area (Å²) in [5.74, 6) is -0.000385. The van der Waals surface area contributed by atoms with E-state index in [1.807, 2.05) is 0 Å². The van der Waals surface area contributed by atoms with Crippen molar-refractivity contribution >= 4 is 40.1 Å². The summed E-state index contributed by atoms with van der Waals surface area (Å²) in [5.41, 5.74) is -0.472. The standard InChI is InChI=1S/C17H17Cl2NO3/c1-9-4-2-3-5-14(9)20-16(21)12-7-10-6-11(18)8-13(19)15(10)23-17(12)22/h6-9,14H,2-5H2,1H3,(H,20,21)/t9-,14-/m0/s1. The molecule has 122 valence electrons. The maximum absolute atomic E-state index is 12.5. The monoisotopic (exact) mass is 353 g/mol. The Kier molecular flexibility index (Phi) is 4.64. The molecular weight excluding hydrogens is 337 g/mol. The highest BCUT2D eigenvalue weighted by atomic mass is 35.5. The van der Waals surface area contributed by atoms with Gasteiger partial charge < -0.3 is 9.73 Å². The molecule has 1 aliphatic carbocycles. The molecule has 1 heterocycles. The average molecular weight is 354 g/mol. The molecule has 1 amide bonds. The molecule has 0 aliphatic heterocycles. The van der Waals surface area contributed by atoms with Crippen LogP contribution in [0.3, 0.4) is 0 Å². The fraction of sp³-hybridized carbons (Fsp3) is 0.412. The number of nitrogens with one attached hydrogen (secondary N) is 1. The van der Waals surface area contributed by atoms with Gasteiger partial charge in [-0.05, 0) is 37.0 Å². The Hall–Kier alpha value is -1.52. The highest BCUT2D eigenvalue weighted by molar-refractivity contribution is 6.38. The highest BCUT2D eigenvalue weighted by Crippen LogP contribution is 2.28. The summed E-state index contributed by atoms with van der Waals surface area (Å²) < 4.78 is 5.21. The molecule has 0 unspecified atom stereocenters. The normalized spacial score (nSPS) is 21.3. The Morgan fingerprint density at radius 1 is 1.22 bits per heavy atom. The van der Waals surface area contributed by atoms with Crippen molar-refractivity contribution in [3.63, 3.8) is 0 Å².